The zero-order valence-corrected chi connectivity index (χ0v) is 12.0. The average Bonchev–Trinajstić information content (AvgIpc) is 2.74. The molecule has 0 aromatic carbocycles. The highest BCUT2D eigenvalue weighted by molar-refractivity contribution is 6.05. The number of imide groups is 1. The summed E-state index contributed by atoms with van der Waals surface area (Å²) in [5.41, 5.74) is 1.29. The summed E-state index contributed by atoms with van der Waals surface area (Å²) in [6.45, 7) is 2.33. The largest absolute Gasteiger partial charge is 0.356 e. The Morgan fingerprint density at radius 2 is 2.00 bits per heavy atom. The van der Waals surface area contributed by atoms with Crippen LogP contribution in [0.4, 0.5) is 5.82 Å². The van der Waals surface area contributed by atoms with E-state index in [0.717, 1.165) is 24.6 Å². The van der Waals surface area contributed by atoms with E-state index in [1.54, 1.807) is 6.07 Å². The first kappa shape index (κ1) is 13.2. The van der Waals surface area contributed by atoms with E-state index in [9.17, 15) is 14.4 Å². The van der Waals surface area contributed by atoms with Gasteiger partial charge in [0, 0.05) is 19.5 Å². The van der Waals surface area contributed by atoms with Crippen molar-refractivity contribution < 1.29 is 14.4 Å². The number of rotatable bonds is 2. The van der Waals surface area contributed by atoms with Crippen LogP contribution in [0.2, 0.25) is 0 Å². The molecule has 0 radical (unpaired) electrons. The Hall–Kier alpha value is -2.44. The van der Waals surface area contributed by atoms with Crippen LogP contribution in [0.15, 0.2) is 12.1 Å². The van der Waals surface area contributed by atoms with Gasteiger partial charge in [-0.3, -0.25) is 19.7 Å². The average molecular weight is 300 g/mol. The van der Waals surface area contributed by atoms with Gasteiger partial charge in [-0.2, -0.15) is 0 Å². The van der Waals surface area contributed by atoms with E-state index in [0.29, 0.717) is 18.5 Å². The fraction of sp³-hybridized carbons (Fsp3) is 0.467. The second-order valence-electron chi connectivity index (χ2n) is 5.90. The van der Waals surface area contributed by atoms with Crippen molar-refractivity contribution in [3.8, 4) is 0 Å². The second kappa shape index (κ2) is 4.79. The van der Waals surface area contributed by atoms with Gasteiger partial charge in [-0.1, -0.05) is 0 Å². The molecule has 0 spiro atoms. The van der Waals surface area contributed by atoms with Gasteiger partial charge in [0.2, 0.25) is 11.8 Å². The molecule has 4 rings (SSSR count). The van der Waals surface area contributed by atoms with E-state index in [-0.39, 0.29) is 24.1 Å². The van der Waals surface area contributed by atoms with Crippen LogP contribution in [-0.2, 0) is 16.1 Å². The summed E-state index contributed by atoms with van der Waals surface area (Å²) in [5.74, 6) is 0.0547. The number of pyridine rings is 1. The minimum Gasteiger partial charge on any atom is -0.356 e. The number of nitrogens with one attached hydrogen (secondary N) is 1. The lowest BCUT2D eigenvalue weighted by Gasteiger charge is -2.32. The lowest BCUT2D eigenvalue weighted by Crippen LogP contribution is -2.52. The van der Waals surface area contributed by atoms with Gasteiger partial charge in [0.15, 0.2) is 0 Å². The van der Waals surface area contributed by atoms with Crippen LogP contribution >= 0.6 is 0 Å². The van der Waals surface area contributed by atoms with Crippen molar-refractivity contribution in [2.24, 2.45) is 0 Å². The number of carbonyl (C=O) groups is 3. The molecule has 0 aliphatic carbocycles. The second-order valence-corrected chi connectivity index (χ2v) is 5.90. The first-order valence-electron chi connectivity index (χ1n) is 7.53. The minimum absolute atomic E-state index is 0.174. The molecule has 3 aliphatic rings. The Labute approximate surface area is 127 Å². The van der Waals surface area contributed by atoms with Gasteiger partial charge in [0.05, 0.1) is 17.8 Å². The van der Waals surface area contributed by atoms with Gasteiger partial charge in [-0.15, -0.1) is 0 Å². The number of carbonyl (C=O) groups excluding carboxylic acids is 3. The van der Waals surface area contributed by atoms with Crippen LogP contribution < -0.4 is 10.2 Å². The quantitative estimate of drug-likeness (QED) is 0.781. The SMILES string of the molecule is O=C1CCC(N2Cc3nc(N4CCC4)ccc3C2=O)C(=O)N1. The molecule has 0 bridgehead atoms. The van der Waals surface area contributed by atoms with Crippen molar-refractivity contribution >= 4 is 23.5 Å². The Kier molecular flexibility index (Phi) is 2.88. The van der Waals surface area contributed by atoms with Crippen molar-refractivity contribution in [2.45, 2.75) is 31.8 Å². The summed E-state index contributed by atoms with van der Waals surface area (Å²) in [7, 11) is 0. The molecule has 3 amide bonds. The summed E-state index contributed by atoms with van der Waals surface area (Å²) >= 11 is 0. The minimum atomic E-state index is -0.577. The lowest BCUT2D eigenvalue weighted by atomic mass is 10.0. The van der Waals surface area contributed by atoms with E-state index in [1.165, 1.54) is 11.3 Å². The van der Waals surface area contributed by atoms with E-state index in [4.69, 9.17) is 0 Å². The van der Waals surface area contributed by atoms with Crippen molar-refractivity contribution in [3.63, 3.8) is 0 Å². The van der Waals surface area contributed by atoms with Crippen LogP contribution in [0.1, 0.15) is 35.3 Å². The van der Waals surface area contributed by atoms with Crippen LogP contribution in [-0.4, -0.2) is 46.7 Å². The maximum atomic E-state index is 12.5. The van der Waals surface area contributed by atoms with Gasteiger partial charge in [0.1, 0.15) is 11.9 Å². The zero-order valence-electron chi connectivity index (χ0n) is 12.0. The molecule has 4 heterocycles. The molecule has 2 saturated heterocycles. The molecule has 1 N–H and O–H groups in total. The molecule has 22 heavy (non-hydrogen) atoms. The normalized spacial score (nSPS) is 24.2. The summed E-state index contributed by atoms with van der Waals surface area (Å²) in [6, 6.07) is 3.08. The lowest BCUT2D eigenvalue weighted by molar-refractivity contribution is -0.136. The van der Waals surface area contributed by atoms with Crippen molar-refractivity contribution in [3.05, 3.63) is 23.4 Å². The third-order valence-corrected chi connectivity index (χ3v) is 4.54. The summed E-state index contributed by atoms with van der Waals surface area (Å²) in [6.07, 6.45) is 1.81. The molecule has 114 valence electrons. The third kappa shape index (κ3) is 1.96. The van der Waals surface area contributed by atoms with Crippen molar-refractivity contribution in [1.29, 1.82) is 0 Å². The molecule has 1 unspecified atom stereocenters. The number of amides is 3. The first-order chi connectivity index (χ1) is 10.6. The van der Waals surface area contributed by atoms with Gasteiger partial charge >= 0.3 is 0 Å². The van der Waals surface area contributed by atoms with Crippen LogP contribution in [0.25, 0.3) is 0 Å². The highest BCUT2D eigenvalue weighted by Crippen LogP contribution is 2.29. The summed E-state index contributed by atoms with van der Waals surface area (Å²) in [5, 5.41) is 2.30. The third-order valence-electron chi connectivity index (χ3n) is 4.54. The van der Waals surface area contributed by atoms with Crippen molar-refractivity contribution in [1.82, 2.24) is 15.2 Å². The molecule has 1 aromatic heterocycles. The number of anilines is 1. The predicted octanol–water partition coefficient (Wildman–Crippen LogP) is 0.0527. The number of hydrogen-bond acceptors (Lipinski definition) is 5. The maximum Gasteiger partial charge on any atom is 0.256 e. The predicted molar refractivity (Wildman–Crippen MR) is 77.1 cm³/mol. The van der Waals surface area contributed by atoms with Crippen LogP contribution in [0.5, 0.6) is 0 Å². The smallest absolute Gasteiger partial charge is 0.256 e. The first-order valence-corrected chi connectivity index (χ1v) is 7.53. The Morgan fingerprint density at radius 3 is 2.68 bits per heavy atom. The Bertz CT molecular complexity index is 683. The molecule has 7 nitrogen and oxygen atoms in total. The fourth-order valence-electron chi connectivity index (χ4n) is 3.15. The van der Waals surface area contributed by atoms with Crippen LogP contribution in [0, 0.1) is 0 Å². The molecule has 0 saturated carbocycles. The fourth-order valence-corrected chi connectivity index (χ4v) is 3.15. The van der Waals surface area contributed by atoms with Gasteiger partial charge in [0.25, 0.3) is 5.91 Å². The van der Waals surface area contributed by atoms with E-state index >= 15 is 0 Å². The monoisotopic (exact) mass is 300 g/mol. The number of fused-ring (bicyclic) bond motifs is 1. The topological polar surface area (TPSA) is 82.6 Å². The number of piperidine rings is 1. The highest BCUT2D eigenvalue weighted by atomic mass is 16.2. The van der Waals surface area contributed by atoms with Gasteiger partial charge in [-0.05, 0) is 25.0 Å². The molecule has 7 heteroatoms. The summed E-state index contributed by atoms with van der Waals surface area (Å²) in [4.78, 5) is 44.0. The Morgan fingerprint density at radius 1 is 1.18 bits per heavy atom. The number of hydrogen-bond donors (Lipinski definition) is 1. The van der Waals surface area contributed by atoms with E-state index < -0.39 is 6.04 Å². The van der Waals surface area contributed by atoms with Crippen molar-refractivity contribution in [2.75, 3.05) is 18.0 Å². The highest BCUT2D eigenvalue weighted by Gasteiger charge is 2.39. The van der Waals surface area contributed by atoms with Crippen LogP contribution in [0.3, 0.4) is 0 Å². The van der Waals surface area contributed by atoms with E-state index in [2.05, 4.69) is 15.2 Å². The molecule has 2 fully saturated rings. The Balaban J connectivity index is 1.58. The standard InChI is InChI=1S/C15H16N4O3/c20-13-5-3-11(14(21)17-13)19-8-10-9(15(19)22)2-4-12(16-10)18-6-1-7-18/h2,4,11H,1,3,5-8H2,(H,17,20,21). The van der Waals surface area contributed by atoms with Gasteiger partial charge in [-0.25, -0.2) is 4.98 Å². The van der Waals surface area contributed by atoms with Gasteiger partial charge < -0.3 is 9.80 Å². The zero-order chi connectivity index (χ0) is 15.3. The molecule has 1 aromatic rings. The molecular weight excluding hydrogens is 284 g/mol. The van der Waals surface area contributed by atoms with E-state index in [1.807, 2.05) is 6.07 Å². The molecule has 1 atom stereocenters. The molecule has 3 aliphatic heterocycles. The summed E-state index contributed by atoms with van der Waals surface area (Å²) < 4.78 is 0. The number of nitrogens with zero attached hydrogens (tertiary/aromatic N) is 3. The number of aromatic nitrogens is 1. The maximum absolute atomic E-state index is 12.5. The molecular formula is C15H16N4O3.